The molecule has 104 valence electrons. The Labute approximate surface area is 135 Å². The minimum Gasteiger partial charge on any atom is -0.384 e. The van der Waals surface area contributed by atoms with Crippen LogP contribution in [-0.4, -0.2) is 11.0 Å². The Balaban J connectivity index is 2.02. The summed E-state index contributed by atoms with van der Waals surface area (Å²) in [5.41, 5.74) is 2.96. The molecule has 1 aromatic heterocycles. The minimum atomic E-state index is -0.647. The van der Waals surface area contributed by atoms with Crippen LogP contribution in [-0.2, 0) is 10.2 Å². The van der Waals surface area contributed by atoms with Crippen LogP contribution in [0.1, 0.15) is 36.6 Å². The molecule has 1 aliphatic heterocycles. The van der Waals surface area contributed by atoms with Gasteiger partial charge in [-0.05, 0) is 76.7 Å². The number of rotatable bonds is 2. The van der Waals surface area contributed by atoms with Crippen LogP contribution in [0.4, 0.5) is 5.69 Å². The van der Waals surface area contributed by atoms with Gasteiger partial charge >= 0.3 is 0 Å². The Morgan fingerprint density at radius 3 is 2.70 bits per heavy atom. The van der Waals surface area contributed by atoms with Crippen molar-refractivity contribution in [1.29, 1.82) is 0 Å². The third kappa shape index (κ3) is 2.17. The number of aliphatic hydroxyl groups is 1. The fraction of sp³-hybridized carbons (Fsp3) is 0.267. The second kappa shape index (κ2) is 4.82. The molecule has 1 aromatic carbocycles. The monoisotopic (exact) mass is 399 g/mol. The van der Waals surface area contributed by atoms with E-state index in [2.05, 4.69) is 27.9 Å². The van der Waals surface area contributed by atoms with Gasteiger partial charge in [0.1, 0.15) is 6.10 Å². The van der Waals surface area contributed by atoms with Crippen molar-refractivity contribution >= 4 is 45.5 Å². The molecule has 0 saturated heterocycles. The van der Waals surface area contributed by atoms with Crippen molar-refractivity contribution in [2.45, 2.75) is 25.4 Å². The first-order valence-corrected chi connectivity index (χ1v) is 8.23. The summed E-state index contributed by atoms with van der Waals surface area (Å²) >= 11 is 3.86. The quantitative estimate of drug-likeness (QED) is 0.758. The number of hydrogen-bond donors (Lipinski definition) is 2. The molecular formula is C15H14INO2S. The molecule has 0 fully saturated rings. The lowest BCUT2D eigenvalue weighted by Gasteiger charge is -2.17. The van der Waals surface area contributed by atoms with E-state index in [-0.39, 0.29) is 5.91 Å². The zero-order chi connectivity index (χ0) is 14.5. The van der Waals surface area contributed by atoms with E-state index in [9.17, 15) is 9.90 Å². The third-order valence-electron chi connectivity index (χ3n) is 3.75. The van der Waals surface area contributed by atoms with Crippen LogP contribution in [0.25, 0.3) is 0 Å². The van der Waals surface area contributed by atoms with E-state index >= 15 is 0 Å². The maximum absolute atomic E-state index is 11.9. The van der Waals surface area contributed by atoms with Gasteiger partial charge in [0.25, 0.3) is 0 Å². The highest BCUT2D eigenvalue weighted by molar-refractivity contribution is 14.1. The van der Waals surface area contributed by atoms with Crippen molar-refractivity contribution in [3.05, 3.63) is 49.2 Å². The van der Waals surface area contributed by atoms with E-state index in [0.717, 1.165) is 25.3 Å². The Morgan fingerprint density at radius 2 is 2.05 bits per heavy atom. The van der Waals surface area contributed by atoms with Crippen molar-refractivity contribution in [2.24, 2.45) is 0 Å². The van der Waals surface area contributed by atoms with Crippen LogP contribution < -0.4 is 5.32 Å². The van der Waals surface area contributed by atoms with Gasteiger partial charge in [-0.25, -0.2) is 0 Å². The second-order valence-corrected chi connectivity index (χ2v) is 8.28. The fourth-order valence-electron chi connectivity index (χ4n) is 2.42. The van der Waals surface area contributed by atoms with E-state index in [0.29, 0.717) is 0 Å². The van der Waals surface area contributed by atoms with Crippen molar-refractivity contribution in [2.75, 3.05) is 5.32 Å². The molecule has 2 heterocycles. The summed E-state index contributed by atoms with van der Waals surface area (Å²) in [5.74, 6) is 0.00391. The Kier molecular flexibility index (Phi) is 3.38. The average Bonchev–Trinajstić information content (AvgIpc) is 2.92. The van der Waals surface area contributed by atoms with Gasteiger partial charge in [-0.15, -0.1) is 11.3 Å². The van der Waals surface area contributed by atoms with E-state index in [1.54, 1.807) is 11.3 Å². The molecule has 5 heteroatoms. The van der Waals surface area contributed by atoms with Crippen molar-refractivity contribution in [3.63, 3.8) is 0 Å². The third-order valence-corrected chi connectivity index (χ3v) is 5.56. The lowest BCUT2D eigenvalue weighted by molar-refractivity contribution is -0.119. The van der Waals surface area contributed by atoms with Crippen molar-refractivity contribution in [1.82, 2.24) is 0 Å². The molecular weight excluding hydrogens is 385 g/mol. The van der Waals surface area contributed by atoms with Gasteiger partial charge in [-0.1, -0.05) is 6.07 Å². The summed E-state index contributed by atoms with van der Waals surface area (Å²) in [7, 11) is 0. The number of thiophene rings is 1. The van der Waals surface area contributed by atoms with E-state index in [4.69, 9.17) is 0 Å². The van der Waals surface area contributed by atoms with Crippen molar-refractivity contribution in [3.8, 4) is 0 Å². The summed E-state index contributed by atoms with van der Waals surface area (Å²) < 4.78 is 1.15. The van der Waals surface area contributed by atoms with Gasteiger partial charge in [-0.2, -0.15) is 0 Å². The van der Waals surface area contributed by atoms with Gasteiger partial charge in [0.05, 0.1) is 8.30 Å². The molecule has 1 amide bonds. The molecule has 0 radical (unpaired) electrons. The van der Waals surface area contributed by atoms with Crippen LogP contribution in [0.3, 0.4) is 0 Å². The molecule has 0 spiro atoms. The number of carbonyl (C=O) groups is 1. The van der Waals surface area contributed by atoms with Crippen LogP contribution in [0.5, 0.6) is 0 Å². The van der Waals surface area contributed by atoms with Crippen LogP contribution in [0.2, 0.25) is 0 Å². The Hall–Kier alpha value is -0.920. The topological polar surface area (TPSA) is 49.3 Å². The largest absolute Gasteiger partial charge is 0.384 e. The van der Waals surface area contributed by atoms with E-state index < -0.39 is 11.5 Å². The second-order valence-electron chi connectivity index (χ2n) is 5.47. The molecule has 0 aliphatic carbocycles. The summed E-state index contributed by atoms with van der Waals surface area (Å²) in [6.07, 6.45) is -0.647. The van der Waals surface area contributed by atoms with E-state index in [1.807, 2.05) is 43.5 Å². The number of amides is 1. The molecule has 20 heavy (non-hydrogen) atoms. The number of nitrogens with one attached hydrogen (secondary N) is 1. The molecule has 1 aliphatic rings. The predicted molar refractivity (Wildman–Crippen MR) is 89.2 cm³/mol. The molecule has 2 aromatic rings. The highest BCUT2D eigenvalue weighted by Gasteiger charge is 2.38. The molecule has 0 bridgehead atoms. The van der Waals surface area contributed by atoms with E-state index in [1.165, 1.54) is 0 Å². The maximum atomic E-state index is 11.9. The normalized spacial score (nSPS) is 17.7. The van der Waals surface area contributed by atoms with Crippen LogP contribution in [0.15, 0.2) is 29.6 Å². The van der Waals surface area contributed by atoms with Gasteiger partial charge in [0.2, 0.25) is 5.91 Å². The Morgan fingerprint density at radius 1 is 1.30 bits per heavy atom. The fourth-order valence-corrected chi connectivity index (χ4v) is 3.81. The number of fused-ring (bicyclic) bond motifs is 1. The summed E-state index contributed by atoms with van der Waals surface area (Å²) in [6.45, 7) is 3.80. The smallest absolute Gasteiger partial charge is 0.234 e. The molecule has 0 saturated carbocycles. The SMILES string of the molecule is CC1(C)C(=O)Nc2ccc(C(O)c3csc(I)c3)cc21. The Bertz CT molecular complexity index is 693. The van der Waals surface area contributed by atoms with Crippen LogP contribution in [0, 0.1) is 2.88 Å². The highest BCUT2D eigenvalue weighted by Crippen LogP contribution is 2.39. The number of aliphatic hydroxyl groups excluding tert-OH is 1. The number of carbonyl (C=O) groups excluding carboxylic acids is 1. The standard InChI is InChI=1S/C15H14INO2S/c1-15(2)10-5-8(3-4-11(10)17-14(15)19)13(18)9-6-12(16)20-7-9/h3-7,13,18H,1-2H3,(H,17,19). The molecule has 3 rings (SSSR count). The lowest BCUT2D eigenvalue weighted by atomic mass is 9.84. The zero-order valence-corrected chi connectivity index (χ0v) is 14.1. The first-order chi connectivity index (χ1) is 9.39. The van der Waals surface area contributed by atoms with Crippen molar-refractivity contribution < 1.29 is 9.90 Å². The van der Waals surface area contributed by atoms with Crippen LogP contribution >= 0.6 is 33.9 Å². The number of anilines is 1. The lowest BCUT2D eigenvalue weighted by Crippen LogP contribution is -2.26. The summed E-state index contributed by atoms with van der Waals surface area (Å²) in [4.78, 5) is 11.9. The van der Waals surface area contributed by atoms with Gasteiger partial charge in [0, 0.05) is 5.69 Å². The highest BCUT2D eigenvalue weighted by atomic mass is 127. The number of benzene rings is 1. The summed E-state index contributed by atoms with van der Waals surface area (Å²) in [6, 6.07) is 7.66. The van der Waals surface area contributed by atoms with Gasteiger partial charge in [-0.3, -0.25) is 4.79 Å². The average molecular weight is 399 g/mol. The zero-order valence-electron chi connectivity index (χ0n) is 11.1. The molecule has 1 atom stereocenters. The predicted octanol–water partition coefficient (Wildman–Crippen LogP) is 3.66. The number of hydrogen-bond acceptors (Lipinski definition) is 3. The van der Waals surface area contributed by atoms with Gasteiger partial charge in [0.15, 0.2) is 0 Å². The molecule has 3 nitrogen and oxygen atoms in total. The maximum Gasteiger partial charge on any atom is 0.234 e. The first kappa shape index (κ1) is 14.0. The van der Waals surface area contributed by atoms with Gasteiger partial charge < -0.3 is 10.4 Å². The molecule has 2 N–H and O–H groups in total. The molecule has 1 unspecified atom stereocenters. The number of halogens is 1. The minimum absolute atomic E-state index is 0.00391. The first-order valence-electron chi connectivity index (χ1n) is 6.27. The summed E-state index contributed by atoms with van der Waals surface area (Å²) in [5, 5.41) is 15.3.